The van der Waals surface area contributed by atoms with Crippen LogP contribution in [0.1, 0.15) is 37.7 Å². The molecule has 0 bridgehead atoms. The number of nitrogens with zero attached hydrogens (tertiary/aromatic N) is 3. The first-order valence-electron chi connectivity index (χ1n) is 9.56. The van der Waals surface area contributed by atoms with Gasteiger partial charge in [-0.3, -0.25) is 14.0 Å². The third-order valence-corrected chi connectivity index (χ3v) is 5.22. The maximum atomic E-state index is 13.1. The Morgan fingerprint density at radius 3 is 2.79 bits per heavy atom. The summed E-state index contributed by atoms with van der Waals surface area (Å²) in [6, 6.07) is 10.1. The van der Waals surface area contributed by atoms with Crippen LogP contribution in [-0.2, 0) is 17.8 Å². The number of benzene rings is 1. The molecule has 0 fully saturated rings. The van der Waals surface area contributed by atoms with E-state index in [1.807, 2.05) is 32.0 Å². The standard InChI is InChI=1S/C21H21ClN4O3/c1-3-15(20(27)23-12-13-6-5-7-14(22)10-13)26-21(28)17-11-18-16(8-9-29-18)25(17)19(4-2)24-26/h5-11,15H,3-4,12H2,1-2H3,(H,23,27). The minimum atomic E-state index is -0.710. The van der Waals surface area contributed by atoms with Crippen LogP contribution in [0.3, 0.4) is 0 Å². The van der Waals surface area contributed by atoms with Crippen molar-refractivity contribution in [2.45, 2.75) is 39.3 Å². The summed E-state index contributed by atoms with van der Waals surface area (Å²) >= 11 is 6.00. The van der Waals surface area contributed by atoms with Gasteiger partial charge in [-0.25, -0.2) is 4.68 Å². The Bertz CT molecular complexity index is 1250. The van der Waals surface area contributed by atoms with Crippen molar-refractivity contribution in [1.82, 2.24) is 19.5 Å². The number of rotatable bonds is 6. The first kappa shape index (κ1) is 19.3. The van der Waals surface area contributed by atoms with Crippen LogP contribution in [0.15, 0.2) is 51.9 Å². The average molecular weight is 413 g/mol. The Labute approximate surface area is 171 Å². The summed E-state index contributed by atoms with van der Waals surface area (Å²) in [4.78, 5) is 26.0. The molecular formula is C21H21ClN4O3. The van der Waals surface area contributed by atoms with Crippen molar-refractivity contribution in [3.05, 3.63) is 69.4 Å². The summed E-state index contributed by atoms with van der Waals surface area (Å²) in [6.45, 7) is 4.14. The molecular weight excluding hydrogens is 392 g/mol. The van der Waals surface area contributed by atoms with Gasteiger partial charge in [-0.2, -0.15) is 5.10 Å². The van der Waals surface area contributed by atoms with Gasteiger partial charge in [0.1, 0.15) is 17.4 Å². The van der Waals surface area contributed by atoms with Gasteiger partial charge in [0.05, 0.1) is 11.8 Å². The van der Waals surface area contributed by atoms with E-state index in [4.69, 9.17) is 16.0 Å². The summed E-state index contributed by atoms with van der Waals surface area (Å²) in [5.41, 5.74) is 2.44. The normalized spacial score (nSPS) is 12.5. The van der Waals surface area contributed by atoms with Crippen molar-refractivity contribution in [1.29, 1.82) is 0 Å². The van der Waals surface area contributed by atoms with Gasteiger partial charge in [-0.15, -0.1) is 0 Å². The van der Waals surface area contributed by atoms with Gasteiger partial charge in [0.25, 0.3) is 5.56 Å². The van der Waals surface area contributed by atoms with Crippen LogP contribution in [0.25, 0.3) is 16.6 Å². The second-order valence-electron chi connectivity index (χ2n) is 6.83. The minimum Gasteiger partial charge on any atom is -0.463 e. The lowest BCUT2D eigenvalue weighted by Gasteiger charge is -2.18. The molecule has 1 amide bonds. The third-order valence-electron chi connectivity index (χ3n) is 4.99. The second-order valence-corrected chi connectivity index (χ2v) is 7.26. The number of hydrogen-bond acceptors (Lipinski definition) is 4. The van der Waals surface area contributed by atoms with Gasteiger partial charge < -0.3 is 9.73 Å². The number of amides is 1. The first-order valence-corrected chi connectivity index (χ1v) is 9.93. The van der Waals surface area contributed by atoms with Gasteiger partial charge in [0.15, 0.2) is 5.58 Å². The highest BCUT2D eigenvalue weighted by molar-refractivity contribution is 6.30. The smallest absolute Gasteiger partial charge is 0.291 e. The first-order chi connectivity index (χ1) is 14.0. The Morgan fingerprint density at radius 2 is 2.07 bits per heavy atom. The van der Waals surface area contributed by atoms with Crippen LogP contribution < -0.4 is 10.9 Å². The van der Waals surface area contributed by atoms with Crippen molar-refractivity contribution in [2.75, 3.05) is 0 Å². The monoisotopic (exact) mass is 412 g/mol. The van der Waals surface area contributed by atoms with Gasteiger partial charge in [-0.1, -0.05) is 37.6 Å². The van der Waals surface area contributed by atoms with Crippen LogP contribution in [0.4, 0.5) is 0 Å². The lowest BCUT2D eigenvalue weighted by molar-refractivity contribution is -0.125. The van der Waals surface area contributed by atoms with Crippen molar-refractivity contribution in [3.63, 3.8) is 0 Å². The topological polar surface area (TPSA) is 81.5 Å². The molecule has 1 unspecified atom stereocenters. The molecule has 0 aliphatic rings. The number of carbonyl (C=O) groups excluding carboxylic acids is 1. The predicted octanol–water partition coefficient (Wildman–Crippen LogP) is 3.73. The summed E-state index contributed by atoms with van der Waals surface area (Å²) < 4.78 is 8.53. The molecule has 3 heterocycles. The van der Waals surface area contributed by atoms with Gasteiger partial charge in [0, 0.05) is 30.1 Å². The Kier molecular flexibility index (Phi) is 5.15. The fourth-order valence-electron chi connectivity index (χ4n) is 3.56. The van der Waals surface area contributed by atoms with Crippen LogP contribution in [-0.4, -0.2) is 20.1 Å². The zero-order valence-electron chi connectivity index (χ0n) is 16.2. The molecule has 4 aromatic rings. The fourth-order valence-corrected chi connectivity index (χ4v) is 3.77. The van der Waals surface area contributed by atoms with E-state index >= 15 is 0 Å². The molecule has 8 heteroatoms. The van der Waals surface area contributed by atoms with Crippen molar-refractivity contribution in [3.8, 4) is 0 Å². The van der Waals surface area contributed by atoms with Gasteiger partial charge in [0.2, 0.25) is 5.91 Å². The third kappa shape index (κ3) is 3.42. The lowest BCUT2D eigenvalue weighted by atomic mass is 10.2. The van der Waals surface area contributed by atoms with Crippen molar-refractivity contribution < 1.29 is 9.21 Å². The van der Waals surface area contributed by atoms with E-state index in [2.05, 4.69) is 10.4 Å². The molecule has 0 spiro atoms. The number of furan rings is 1. The number of aryl methyl sites for hydroxylation is 1. The van der Waals surface area contributed by atoms with E-state index in [-0.39, 0.29) is 11.5 Å². The van der Waals surface area contributed by atoms with E-state index in [0.717, 1.165) is 11.1 Å². The van der Waals surface area contributed by atoms with E-state index in [0.29, 0.717) is 41.3 Å². The molecule has 7 nitrogen and oxygen atoms in total. The molecule has 0 radical (unpaired) electrons. The maximum absolute atomic E-state index is 13.1. The molecule has 1 atom stereocenters. The molecule has 3 aromatic heterocycles. The Balaban J connectivity index is 1.70. The molecule has 1 N–H and O–H groups in total. The van der Waals surface area contributed by atoms with Crippen molar-refractivity contribution >= 4 is 34.1 Å². The minimum absolute atomic E-state index is 0.260. The summed E-state index contributed by atoms with van der Waals surface area (Å²) in [5.74, 6) is 0.431. The van der Waals surface area contributed by atoms with E-state index in [1.165, 1.54) is 4.68 Å². The lowest BCUT2D eigenvalue weighted by Crippen LogP contribution is -2.39. The molecule has 4 rings (SSSR count). The van der Waals surface area contributed by atoms with E-state index in [9.17, 15) is 9.59 Å². The molecule has 1 aromatic carbocycles. The van der Waals surface area contributed by atoms with Crippen LogP contribution in [0.2, 0.25) is 5.02 Å². The maximum Gasteiger partial charge on any atom is 0.291 e. The summed E-state index contributed by atoms with van der Waals surface area (Å²) in [5, 5.41) is 8.02. The van der Waals surface area contributed by atoms with E-state index in [1.54, 1.807) is 28.9 Å². The Morgan fingerprint density at radius 1 is 1.24 bits per heavy atom. The van der Waals surface area contributed by atoms with Crippen LogP contribution >= 0.6 is 11.6 Å². The fraction of sp³-hybridized carbons (Fsp3) is 0.286. The van der Waals surface area contributed by atoms with Crippen LogP contribution in [0.5, 0.6) is 0 Å². The molecule has 0 saturated carbocycles. The highest BCUT2D eigenvalue weighted by Gasteiger charge is 2.24. The van der Waals surface area contributed by atoms with Gasteiger partial charge in [-0.05, 0) is 24.1 Å². The van der Waals surface area contributed by atoms with Crippen LogP contribution in [0, 0.1) is 0 Å². The largest absolute Gasteiger partial charge is 0.463 e. The van der Waals surface area contributed by atoms with Gasteiger partial charge >= 0.3 is 0 Å². The number of fused-ring (bicyclic) bond motifs is 3. The zero-order chi connectivity index (χ0) is 20.5. The zero-order valence-corrected chi connectivity index (χ0v) is 16.9. The van der Waals surface area contributed by atoms with Crippen molar-refractivity contribution in [2.24, 2.45) is 0 Å². The molecule has 150 valence electrons. The molecule has 0 aliphatic heterocycles. The number of carbonyl (C=O) groups is 1. The SMILES string of the molecule is CCc1nn(C(CC)C(=O)NCc2cccc(Cl)c2)c(=O)c2cc3occc3n12. The highest BCUT2D eigenvalue weighted by atomic mass is 35.5. The number of aromatic nitrogens is 3. The highest BCUT2D eigenvalue weighted by Crippen LogP contribution is 2.21. The summed E-state index contributed by atoms with van der Waals surface area (Å²) in [6.07, 6.45) is 2.62. The molecule has 0 saturated heterocycles. The molecule has 0 aliphatic carbocycles. The van der Waals surface area contributed by atoms with E-state index < -0.39 is 6.04 Å². The molecule has 29 heavy (non-hydrogen) atoms. The number of hydrogen-bond donors (Lipinski definition) is 1. The second kappa shape index (κ2) is 7.75. The average Bonchev–Trinajstić information content (AvgIpc) is 3.30. The quantitative estimate of drug-likeness (QED) is 0.523. The predicted molar refractivity (Wildman–Crippen MR) is 111 cm³/mol. The summed E-state index contributed by atoms with van der Waals surface area (Å²) in [7, 11) is 0. The number of halogens is 1. The number of nitrogens with one attached hydrogen (secondary N) is 1. The Hall–Kier alpha value is -3.06.